The Kier molecular flexibility index (Phi) is 7.24. The number of sulfone groups is 1. The van der Waals surface area contributed by atoms with Crippen molar-refractivity contribution < 1.29 is 8.42 Å². The highest BCUT2D eigenvalue weighted by Crippen LogP contribution is 2.11. The zero-order valence-corrected chi connectivity index (χ0v) is 13.7. The Labute approximate surface area is 123 Å². The summed E-state index contributed by atoms with van der Waals surface area (Å²) < 4.78 is 24.2. The summed E-state index contributed by atoms with van der Waals surface area (Å²) in [4.78, 5) is 0. The predicted molar refractivity (Wildman–Crippen MR) is 85.7 cm³/mol. The molecule has 1 N–H and O–H groups in total. The summed E-state index contributed by atoms with van der Waals surface area (Å²) in [5, 5.41) is 3.38. The van der Waals surface area contributed by atoms with E-state index in [2.05, 4.69) is 19.2 Å². The van der Waals surface area contributed by atoms with Crippen molar-refractivity contribution in [3.8, 4) is 0 Å². The first-order valence-electron chi connectivity index (χ1n) is 7.46. The van der Waals surface area contributed by atoms with E-state index in [1.807, 2.05) is 31.2 Å². The van der Waals surface area contributed by atoms with Crippen LogP contribution in [0.1, 0.15) is 44.2 Å². The van der Waals surface area contributed by atoms with Gasteiger partial charge in [-0.05, 0) is 38.3 Å². The quantitative estimate of drug-likeness (QED) is 0.762. The van der Waals surface area contributed by atoms with Crippen molar-refractivity contribution in [3.63, 3.8) is 0 Å². The smallest absolute Gasteiger partial charge is 0.154 e. The third-order valence-corrected chi connectivity index (χ3v) is 5.15. The lowest BCUT2D eigenvalue weighted by molar-refractivity contribution is 0.474. The minimum atomic E-state index is -3.00. The van der Waals surface area contributed by atoms with Crippen molar-refractivity contribution in [1.82, 2.24) is 5.32 Å². The molecule has 0 saturated heterocycles. The maximum Gasteiger partial charge on any atom is 0.154 e. The third kappa shape index (κ3) is 6.53. The van der Waals surface area contributed by atoms with E-state index in [9.17, 15) is 8.42 Å². The molecule has 0 aliphatic carbocycles. The summed E-state index contributed by atoms with van der Waals surface area (Å²) in [5.74, 6) is 0.440. The molecular weight excluding hydrogens is 270 g/mol. The van der Waals surface area contributed by atoms with Gasteiger partial charge < -0.3 is 5.32 Å². The molecule has 0 aliphatic rings. The monoisotopic (exact) mass is 297 g/mol. The van der Waals surface area contributed by atoms with Gasteiger partial charge in [0.25, 0.3) is 0 Å². The van der Waals surface area contributed by atoms with E-state index >= 15 is 0 Å². The summed E-state index contributed by atoms with van der Waals surface area (Å²) in [5.41, 5.74) is 2.00. The maximum atomic E-state index is 12.1. The van der Waals surface area contributed by atoms with Gasteiger partial charge in [0.1, 0.15) is 0 Å². The van der Waals surface area contributed by atoms with Gasteiger partial charge in [0.2, 0.25) is 0 Å². The summed E-state index contributed by atoms with van der Waals surface area (Å²) in [7, 11) is -3.00. The zero-order chi connectivity index (χ0) is 15.0. The average Bonchev–Trinajstić information content (AvgIpc) is 2.37. The minimum absolute atomic E-state index is 0.159. The maximum absolute atomic E-state index is 12.1. The van der Waals surface area contributed by atoms with Crippen LogP contribution in [0.25, 0.3) is 0 Å². The van der Waals surface area contributed by atoms with Gasteiger partial charge in [0.15, 0.2) is 9.84 Å². The topological polar surface area (TPSA) is 46.2 Å². The Morgan fingerprint density at radius 3 is 2.60 bits per heavy atom. The molecule has 4 heteroatoms. The van der Waals surface area contributed by atoms with Crippen LogP contribution in [0.15, 0.2) is 24.3 Å². The van der Waals surface area contributed by atoms with Crippen molar-refractivity contribution in [2.45, 2.75) is 51.8 Å². The molecule has 1 rings (SSSR count). The van der Waals surface area contributed by atoms with Crippen LogP contribution in [0.3, 0.4) is 0 Å². The Morgan fingerprint density at radius 1 is 1.25 bits per heavy atom. The van der Waals surface area contributed by atoms with Gasteiger partial charge in [-0.1, -0.05) is 43.7 Å². The Balaban J connectivity index is 2.46. The van der Waals surface area contributed by atoms with Crippen molar-refractivity contribution in [3.05, 3.63) is 35.4 Å². The lowest BCUT2D eigenvalue weighted by Crippen LogP contribution is -2.28. The summed E-state index contributed by atoms with van der Waals surface area (Å²) in [6, 6.07) is 8.18. The molecule has 0 bridgehead atoms. The van der Waals surface area contributed by atoms with E-state index < -0.39 is 9.84 Å². The Bertz CT molecular complexity index is 497. The van der Waals surface area contributed by atoms with Crippen LogP contribution in [0.4, 0.5) is 0 Å². The largest absolute Gasteiger partial charge is 0.314 e. The first kappa shape index (κ1) is 17.2. The van der Waals surface area contributed by atoms with E-state index in [0.29, 0.717) is 6.04 Å². The standard InChI is InChI=1S/C16H27NO2S/c1-4-16(17-5-2)10-7-11-20(18,19)13-15-9-6-8-14(3)12-15/h6,8-9,12,16-17H,4-5,7,10-11,13H2,1-3H3. The lowest BCUT2D eigenvalue weighted by atomic mass is 10.1. The van der Waals surface area contributed by atoms with Crippen molar-refractivity contribution in [1.29, 1.82) is 0 Å². The van der Waals surface area contributed by atoms with E-state index in [1.165, 1.54) is 0 Å². The number of rotatable bonds is 9. The summed E-state index contributed by atoms with van der Waals surface area (Å²) in [6.45, 7) is 7.14. The molecule has 1 aromatic carbocycles. The fourth-order valence-electron chi connectivity index (χ4n) is 2.42. The Morgan fingerprint density at radius 2 is 2.00 bits per heavy atom. The van der Waals surface area contributed by atoms with Crippen molar-refractivity contribution >= 4 is 9.84 Å². The van der Waals surface area contributed by atoms with E-state index in [-0.39, 0.29) is 11.5 Å². The van der Waals surface area contributed by atoms with E-state index in [4.69, 9.17) is 0 Å². The van der Waals surface area contributed by atoms with Gasteiger partial charge in [0, 0.05) is 6.04 Å². The molecule has 0 aliphatic heterocycles. The van der Waals surface area contributed by atoms with Gasteiger partial charge in [-0.2, -0.15) is 0 Å². The summed E-state index contributed by atoms with van der Waals surface area (Å²) >= 11 is 0. The summed E-state index contributed by atoms with van der Waals surface area (Å²) in [6.07, 6.45) is 2.71. The van der Waals surface area contributed by atoms with Crippen LogP contribution in [-0.2, 0) is 15.6 Å². The first-order chi connectivity index (χ1) is 9.46. The van der Waals surface area contributed by atoms with Crippen LogP contribution >= 0.6 is 0 Å². The Hall–Kier alpha value is -0.870. The fourth-order valence-corrected chi connectivity index (χ4v) is 3.86. The molecule has 3 nitrogen and oxygen atoms in total. The zero-order valence-electron chi connectivity index (χ0n) is 12.9. The van der Waals surface area contributed by atoms with Crippen LogP contribution in [0.2, 0.25) is 0 Å². The van der Waals surface area contributed by atoms with Crippen molar-refractivity contribution in [2.24, 2.45) is 0 Å². The van der Waals surface area contributed by atoms with Crippen molar-refractivity contribution in [2.75, 3.05) is 12.3 Å². The van der Waals surface area contributed by atoms with Gasteiger partial charge in [-0.25, -0.2) is 8.42 Å². The van der Waals surface area contributed by atoms with E-state index in [1.54, 1.807) is 0 Å². The van der Waals surface area contributed by atoms with Gasteiger partial charge in [-0.15, -0.1) is 0 Å². The predicted octanol–water partition coefficient (Wildman–Crippen LogP) is 3.08. The van der Waals surface area contributed by atoms with Crippen LogP contribution < -0.4 is 5.32 Å². The molecule has 0 radical (unpaired) electrons. The molecule has 0 heterocycles. The lowest BCUT2D eigenvalue weighted by Gasteiger charge is -2.15. The van der Waals surface area contributed by atoms with Gasteiger partial charge in [-0.3, -0.25) is 0 Å². The highest BCUT2D eigenvalue weighted by Gasteiger charge is 2.13. The van der Waals surface area contributed by atoms with Gasteiger partial charge in [0.05, 0.1) is 11.5 Å². The van der Waals surface area contributed by atoms with Crippen LogP contribution in [0.5, 0.6) is 0 Å². The number of hydrogen-bond donors (Lipinski definition) is 1. The molecule has 0 fully saturated rings. The molecular formula is C16H27NO2S. The number of nitrogens with one attached hydrogen (secondary N) is 1. The molecule has 1 atom stereocenters. The second-order valence-electron chi connectivity index (χ2n) is 5.39. The first-order valence-corrected chi connectivity index (χ1v) is 9.28. The molecule has 0 spiro atoms. The van der Waals surface area contributed by atoms with E-state index in [0.717, 1.165) is 36.9 Å². The number of hydrogen-bond acceptors (Lipinski definition) is 3. The second kappa shape index (κ2) is 8.42. The van der Waals surface area contributed by atoms with Crippen LogP contribution in [0, 0.1) is 6.92 Å². The molecule has 114 valence electrons. The number of benzene rings is 1. The number of aryl methyl sites for hydroxylation is 1. The second-order valence-corrected chi connectivity index (χ2v) is 7.57. The highest BCUT2D eigenvalue weighted by molar-refractivity contribution is 7.90. The molecule has 0 amide bonds. The normalized spacial score (nSPS) is 13.3. The SMILES string of the molecule is CCNC(CC)CCCS(=O)(=O)Cc1cccc(C)c1. The molecule has 1 unspecified atom stereocenters. The minimum Gasteiger partial charge on any atom is -0.314 e. The molecule has 0 aromatic heterocycles. The molecule has 20 heavy (non-hydrogen) atoms. The molecule has 0 saturated carbocycles. The molecule has 1 aromatic rings. The van der Waals surface area contributed by atoms with Crippen LogP contribution in [-0.4, -0.2) is 26.8 Å². The third-order valence-electron chi connectivity index (χ3n) is 3.46. The highest BCUT2D eigenvalue weighted by atomic mass is 32.2. The average molecular weight is 297 g/mol. The van der Waals surface area contributed by atoms with Gasteiger partial charge >= 0.3 is 0 Å². The fraction of sp³-hybridized carbons (Fsp3) is 0.625.